The zero-order chi connectivity index (χ0) is 39.1. The van der Waals surface area contributed by atoms with Crippen LogP contribution in [0, 0.1) is 11.3 Å². The Morgan fingerprint density at radius 2 is 1.37 bits per heavy atom. The minimum atomic E-state index is -1.29. The van der Waals surface area contributed by atoms with E-state index in [9.17, 15) is 24.0 Å². The van der Waals surface area contributed by atoms with Gasteiger partial charge in [-0.15, -0.1) is 0 Å². The molecule has 1 spiro atoms. The summed E-state index contributed by atoms with van der Waals surface area (Å²) in [6.45, 7) is 4.82. The molecule has 2 N–H and O–H groups in total. The molecule has 0 amide bonds. The normalized spacial score (nSPS) is 22.6. The van der Waals surface area contributed by atoms with Crippen LogP contribution in [0.15, 0.2) is 42.5 Å². The Bertz CT molecular complexity index is 1320. The van der Waals surface area contributed by atoms with Gasteiger partial charge in [0.05, 0.1) is 72.3 Å². The van der Waals surface area contributed by atoms with Crippen LogP contribution in [-0.4, -0.2) is 111 Å². The second-order valence-electron chi connectivity index (χ2n) is 13.6. The Morgan fingerprint density at radius 3 is 2.07 bits per heavy atom. The van der Waals surface area contributed by atoms with Crippen LogP contribution in [0.25, 0.3) is 0 Å². The van der Waals surface area contributed by atoms with Gasteiger partial charge in [-0.2, -0.15) is 0 Å². The highest BCUT2D eigenvalue weighted by Gasteiger charge is 2.39. The summed E-state index contributed by atoms with van der Waals surface area (Å²) in [5.74, 6) is -1.34. The number of ether oxygens (including phenoxy) is 8. The summed E-state index contributed by atoms with van der Waals surface area (Å²) in [6, 6.07) is 10.1. The molecule has 5 aliphatic rings. The van der Waals surface area contributed by atoms with E-state index in [1.807, 2.05) is 30.4 Å². The number of carbonyl (C=O) groups is 5. The molecule has 1 aromatic carbocycles. The SMILES string of the molecule is CC(CO)(CO)C(=O)OC1CCOC(=O)CC1.O=C1CC=CCCO1.O=C1CCC(COCc2ccccc2)CCO1.O=C1CCC2(CCO1)OCCO2. The lowest BCUT2D eigenvalue weighted by atomic mass is 9.93. The van der Waals surface area contributed by atoms with Gasteiger partial charge in [0, 0.05) is 38.7 Å². The van der Waals surface area contributed by atoms with Crippen molar-refractivity contribution in [1.29, 1.82) is 0 Å². The summed E-state index contributed by atoms with van der Waals surface area (Å²) in [6.07, 6.45) is 9.82. The zero-order valence-electron chi connectivity index (χ0n) is 31.2. The molecular weight excluding hydrogens is 708 g/mol. The third-order valence-corrected chi connectivity index (χ3v) is 9.12. The topological polar surface area (TPSA) is 200 Å². The summed E-state index contributed by atoms with van der Waals surface area (Å²) in [4.78, 5) is 55.1. The number of aliphatic hydroxyl groups excluding tert-OH is 2. The van der Waals surface area contributed by atoms with E-state index in [1.54, 1.807) is 0 Å². The molecule has 302 valence electrons. The van der Waals surface area contributed by atoms with Crippen molar-refractivity contribution < 1.29 is 72.1 Å². The van der Waals surface area contributed by atoms with E-state index >= 15 is 0 Å². The summed E-state index contributed by atoms with van der Waals surface area (Å²) < 4.78 is 41.2. The Hall–Kier alpha value is -3.89. The first kappa shape index (κ1) is 44.5. The van der Waals surface area contributed by atoms with Gasteiger partial charge in [0.2, 0.25) is 0 Å². The van der Waals surface area contributed by atoms with E-state index in [-0.39, 0.29) is 36.9 Å². The minimum Gasteiger partial charge on any atom is -0.466 e. The second-order valence-corrected chi connectivity index (χ2v) is 13.6. The molecule has 2 atom stereocenters. The molecule has 0 aromatic heterocycles. The monoisotopic (exact) mass is 764 g/mol. The fraction of sp³-hybridized carbons (Fsp3) is 0.667. The second kappa shape index (κ2) is 24.5. The average molecular weight is 765 g/mol. The van der Waals surface area contributed by atoms with Gasteiger partial charge in [0.15, 0.2) is 5.79 Å². The molecule has 0 aliphatic carbocycles. The number of rotatable bonds is 8. The van der Waals surface area contributed by atoms with Crippen molar-refractivity contribution in [3.63, 3.8) is 0 Å². The fourth-order valence-corrected chi connectivity index (χ4v) is 5.55. The third-order valence-electron chi connectivity index (χ3n) is 9.12. The van der Waals surface area contributed by atoms with Crippen molar-refractivity contribution in [1.82, 2.24) is 0 Å². The summed E-state index contributed by atoms with van der Waals surface area (Å²) >= 11 is 0. The van der Waals surface area contributed by atoms with Gasteiger partial charge in [-0.1, -0.05) is 42.5 Å². The van der Waals surface area contributed by atoms with Gasteiger partial charge < -0.3 is 48.1 Å². The third kappa shape index (κ3) is 17.1. The molecule has 54 heavy (non-hydrogen) atoms. The van der Waals surface area contributed by atoms with Gasteiger partial charge >= 0.3 is 29.8 Å². The first-order chi connectivity index (χ1) is 26.1. The van der Waals surface area contributed by atoms with Crippen molar-refractivity contribution in [2.24, 2.45) is 11.3 Å². The van der Waals surface area contributed by atoms with Crippen LogP contribution in [0.4, 0.5) is 0 Å². The van der Waals surface area contributed by atoms with E-state index in [0.717, 1.165) is 19.3 Å². The van der Waals surface area contributed by atoms with Crippen LogP contribution < -0.4 is 0 Å². The molecule has 0 radical (unpaired) electrons. The molecular formula is C39H56O15. The lowest BCUT2D eigenvalue weighted by Gasteiger charge is -2.25. The molecule has 15 nitrogen and oxygen atoms in total. The smallest absolute Gasteiger partial charge is 0.316 e. The van der Waals surface area contributed by atoms with Gasteiger partial charge in [0.1, 0.15) is 11.5 Å². The number of hydrogen-bond acceptors (Lipinski definition) is 15. The maximum atomic E-state index is 11.7. The van der Waals surface area contributed by atoms with E-state index in [4.69, 9.17) is 48.1 Å². The molecule has 0 saturated carbocycles. The minimum absolute atomic E-state index is 0.0736. The number of hydrogen-bond donors (Lipinski definition) is 2. The molecule has 5 heterocycles. The molecule has 0 bridgehead atoms. The van der Waals surface area contributed by atoms with Gasteiger partial charge in [-0.25, -0.2) is 0 Å². The highest BCUT2D eigenvalue weighted by atomic mass is 16.7. The van der Waals surface area contributed by atoms with E-state index in [1.165, 1.54) is 12.5 Å². The standard InChI is InChI=1S/C14H18O3.C11H18O6.C8H12O4.C6H8O2/c15-14-7-6-13(8-9-17-14)11-16-10-12-4-2-1-3-5-12;1-11(6-12,7-13)10(15)17-8-2-3-9(14)16-5-4-8;9-7-1-2-8(3-4-10-7)11-5-6-12-8;7-6-4-2-1-3-5-8-6/h1-5,13H,6-11H2;8,12-13H,2-7H2,1H3;1-6H2;1-2H,3-5H2. The number of benzene rings is 1. The zero-order valence-corrected chi connectivity index (χ0v) is 31.2. The summed E-state index contributed by atoms with van der Waals surface area (Å²) in [5, 5.41) is 18.1. The highest BCUT2D eigenvalue weighted by molar-refractivity contribution is 5.77. The Morgan fingerprint density at radius 1 is 0.741 bits per heavy atom. The predicted molar refractivity (Wildman–Crippen MR) is 190 cm³/mol. The maximum Gasteiger partial charge on any atom is 0.316 e. The van der Waals surface area contributed by atoms with Crippen molar-refractivity contribution in [3.05, 3.63) is 48.0 Å². The summed E-state index contributed by atoms with van der Waals surface area (Å²) in [5.41, 5.74) is -0.106. The van der Waals surface area contributed by atoms with Crippen molar-refractivity contribution in [2.45, 2.75) is 96.1 Å². The van der Waals surface area contributed by atoms with Crippen LogP contribution in [-0.2, 0) is 68.5 Å². The van der Waals surface area contributed by atoms with Crippen molar-refractivity contribution in [2.75, 3.05) is 59.5 Å². The van der Waals surface area contributed by atoms with E-state index < -0.39 is 36.5 Å². The van der Waals surface area contributed by atoms with Crippen molar-refractivity contribution >= 4 is 29.8 Å². The average Bonchev–Trinajstić information content (AvgIpc) is 3.38. The quantitative estimate of drug-likeness (QED) is 0.221. The number of aliphatic hydroxyl groups is 2. The van der Waals surface area contributed by atoms with Crippen LogP contribution in [0.2, 0.25) is 0 Å². The van der Waals surface area contributed by atoms with Crippen molar-refractivity contribution in [3.8, 4) is 0 Å². The highest BCUT2D eigenvalue weighted by Crippen LogP contribution is 2.30. The van der Waals surface area contributed by atoms with Gasteiger partial charge in [-0.3, -0.25) is 24.0 Å². The number of esters is 5. The molecule has 1 aromatic rings. The number of cyclic esters (lactones) is 4. The van der Waals surface area contributed by atoms with Crippen LogP contribution >= 0.6 is 0 Å². The Balaban J connectivity index is 0.000000200. The van der Waals surface area contributed by atoms with Gasteiger partial charge in [-0.05, 0) is 44.1 Å². The number of carbonyl (C=O) groups excluding carboxylic acids is 5. The molecule has 6 rings (SSSR count). The van der Waals surface area contributed by atoms with Gasteiger partial charge in [0.25, 0.3) is 0 Å². The molecule has 15 heteroatoms. The lowest BCUT2D eigenvalue weighted by molar-refractivity contribution is -0.166. The predicted octanol–water partition coefficient (Wildman–Crippen LogP) is 3.50. The van der Waals surface area contributed by atoms with Crippen LogP contribution in [0.1, 0.15) is 83.1 Å². The molecule has 4 fully saturated rings. The van der Waals surface area contributed by atoms with Crippen LogP contribution in [0.3, 0.4) is 0 Å². The van der Waals surface area contributed by atoms with Crippen LogP contribution in [0.5, 0.6) is 0 Å². The van der Waals surface area contributed by atoms with E-state index in [0.29, 0.717) is 97.1 Å². The van der Waals surface area contributed by atoms with E-state index in [2.05, 4.69) is 12.1 Å². The first-order valence-corrected chi connectivity index (χ1v) is 18.7. The summed E-state index contributed by atoms with van der Waals surface area (Å²) in [7, 11) is 0. The molecule has 4 saturated heterocycles. The molecule has 5 aliphatic heterocycles. The first-order valence-electron chi connectivity index (χ1n) is 18.7. The maximum absolute atomic E-state index is 11.7. The fourth-order valence-electron chi connectivity index (χ4n) is 5.55. The largest absolute Gasteiger partial charge is 0.466 e. The Labute approximate surface area is 316 Å². The Kier molecular flexibility index (Phi) is 20.2. The molecule has 2 unspecified atom stereocenters. The lowest BCUT2D eigenvalue weighted by Crippen LogP contribution is -2.39.